The summed E-state index contributed by atoms with van der Waals surface area (Å²) in [6.07, 6.45) is 3.82. The summed E-state index contributed by atoms with van der Waals surface area (Å²) in [4.78, 5) is 1.18. The lowest BCUT2D eigenvalue weighted by atomic mass is 10.1. The van der Waals surface area contributed by atoms with Crippen molar-refractivity contribution in [2.24, 2.45) is 11.8 Å². The number of hydrazine groups is 1. The van der Waals surface area contributed by atoms with E-state index in [1.54, 1.807) is 11.3 Å². The molecule has 1 aromatic rings. The molecule has 0 aromatic carbocycles. The lowest BCUT2D eigenvalue weighted by molar-refractivity contribution is 0.494. The maximum atomic E-state index is 6.03. The van der Waals surface area contributed by atoms with Gasteiger partial charge in [-0.2, -0.15) is 0 Å². The van der Waals surface area contributed by atoms with Gasteiger partial charge < -0.3 is 0 Å². The molecule has 1 atom stereocenters. The fraction of sp³-hybridized carbons (Fsp3) is 0.556. The highest BCUT2D eigenvalue weighted by Gasteiger charge is 2.27. The maximum Gasteiger partial charge on any atom is 0.0570 e. The van der Waals surface area contributed by atoms with Gasteiger partial charge in [0.15, 0.2) is 0 Å². The summed E-state index contributed by atoms with van der Waals surface area (Å²) in [5.74, 6) is 6.37. The summed E-state index contributed by atoms with van der Waals surface area (Å²) in [5, 5.41) is 2.85. The molecule has 1 saturated carbocycles. The molecule has 72 valence electrons. The van der Waals surface area contributed by atoms with Gasteiger partial charge in [-0.1, -0.05) is 24.4 Å². The molecule has 1 unspecified atom stereocenters. The lowest BCUT2D eigenvalue weighted by Gasteiger charge is -2.13. The van der Waals surface area contributed by atoms with Crippen LogP contribution in [0.25, 0.3) is 0 Å². The Morgan fingerprint density at radius 2 is 2.46 bits per heavy atom. The van der Waals surface area contributed by atoms with E-state index in [2.05, 4.69) is 5.43 Å². The number of rotatable bonds is 4. The standard InChI is InChI=1S/C9H13ClN2S/c10-7-3-4-13-9(7)8(12-11)5-6-1-2-6/h3-4,6,8,12H,1-2,5,11H2. The highest BCUT2D eigenvalue weighted by molar-refractivity contribution is 7.10. The molecule has 3 N–H and O–H groups in total. The lowest BCUT2D eigenvalue weighted by Crippen LogP contribution is -2.27. The second-order valence-corrected chi connectivity index (χ2v) is 4.89. The van der Waals surface area contributed by atoms with E-state index in [9.17, 15) is 0 Å². The van der Waals surface area contributed by atoms with E-state index in [4.69, 9.17) is 17.4 Å². The first-order valence-corrected chi connectivity index (χ1v) is 5.76. The molecular formula is C9H13ClN2S. The molecule has 13 heavy (non-hydrogen) atoms. The van der Waals surface area contributed by atoms with E-state index in [0.29, 0.717) is 0 Å². The summed E-state index contributed by atoms with van der Waals surface area (Å²) in [6.45, 7) is 0. The predicted molar refractivity (Wildman–Crippen MR) is 56.7 cm³/mol. The molecule has 0 spiro atoms. The van der Waals surface area contributed by atoms with E-state index < -0.39 is 0 Å². The van der Waals surface area contributed by atoms with Crippen LogP contribution in [0.1, 0.15) is 30.2 Å². The van der Waals surface area contributed by atoms with Crippen molar-refractivity contribution >= 4 is 22.9 Å². The molecule has 2 nitrogen and oxygen atoms in total. The number of hydrogen-bond donors (Lipinski definition) is 2. The van der Waals surface area contributed by atoms with Gasteiger partial charge >= 0.3 is 0 Å². The van der Waals surface area contributed by atoms with Crippen molar-refractivity contribution in [1.82, 2.24) is 5.43 Å². The van der Waals surface area contributed by atoms with Crippen LogP contribution in [0.2, 0.25) is 5.02 Å². The first-order chi connectivity index (χ1) is 6.31. The minimum atomic E-state index is 0.250. The third kappa shape index (κ3) is 2.23. The molecular weight excluding hydrogens is 204 g/mol. The van der Waals surface area contributed by atoms with Crippen LogP contribution in [0.5, 0.6) is 0 Å². The monoisotopic (exact) mass is 216 g/mol. The molecule has 0 aliphatic heterocycles. The average molecular weight is 217 g/mol. The number of hydrogen-bond acceptors (Lipinski definition) is 3. The Morgan fingerprint density at radius 3 is 2.92 bits per heavy atom. The van der Waals surface area contributed by atoms with Crippen molar-refractivity contribution in [3.8, 4) is 0 Å². The number of nitrogens with one attached hydrogen (secondary N) is 1. The van der Waals surface area contributed by atoms with Gasteiger partial charge in [-0.05, 0) is 23.8 Å². The van der Waals surface area contributed by atoms with Crippen LogP contribution in [0.4, 0.5) is 0 Å². The SMILES string of the molecule is NNC(CC1CC1)c1sccc1Cl. The summed E-state index contributed by atoms with van der Waals surface area (Å²) in [6, 6.07) is 2.18. The highest BCUT2D eigenvalue weighted by atomic mass is 35.5. The molecule has 1 heterocycles. The van der Waals surface area contributed by atoms with E-state index in [1.165, 1.54) is 17.7 Å². The van der Waals surface area contributed by atoms with Gasteiger partial charge in [-0.25, -0.2) is 0 Å². The van der Waals surface area contributed by atoms with Gasteiger partial charge in [0, 0.05) is 4.88 Å². The Hall–Kier alpha value is -0.0900. The molecule has 0 radical (unpaired) electrons. The molecule has 1 aromatic heterocycles. The van der Waals surface area contributed by atoms with E-state index in [-0.39, 0.29) is 6.04 Å². The van der Waals surface area contributed by atoms with Crippen LogP contribution in [-0.4, -0.2) is 0 Å². The van der Waals surface area contributed by atoms with Crippen LogP contribution in [0.3, 0.4) is 0 Å². The minimum absolute atomic E-state index is 0.250. The zero-order valence-electron chi connectivity index (χ0n) is 7.29. The fourth-order valence-electron chi connectivity index (χ4n) is 1.49. The molecule has 1 aliphatic carbocycles. The number of nitrogens with two attached hydrogens (primary N) is 1. The van der Waals surface area contributed by atoms with Crippen LogP contribution in [-0.2, 0) is 0 Å². The van der Waals surface area contributed by atoms with Crippen molar-refractivity contribution in [3.63, 3.8) is 0 Å². The Bertz CT molecular complexity index is 283. The Labute approximate surface area is 87.1 Å². The van der Waals surface area contributed by atoms with Crippen LogP contribution >= 0.6 is 22.9 Å². The van der Waals surface area contributed by atoms with Crippen molar-refractivity contribution in [1.29, 1.82) is 0 Å². The second-order valence-electron chi connectivity index (χ2n) is 3.53. The summed E-state index contributed by atoms with van der Waals surface area (Å²) in [5.41, 5.74) is 2.84. The summed E-state index contributed by atoms with van der Waals surface area (Å²) < 4.78 is 0. The van der Waals surface area contributed by atoms with Crippen LogP contribution in [0.15, 0.2) is 11.4 Å². The van der Waals surface area contributed by atoms with Crippen LogP contribution < -0.4 is 11.3 Å². The normalized spacial score (nSPS) is 18.9. The molecule has 0 saturated heterocycles. The molecule has 0 amide bonds. The number of thiophene rings is 1. The quantitative estimate of drug-likeness (QED) is 0.600. The maximum absolute atomic E-state index is 6.03. The van der Waals surface area contributed by atoms with Gasteiger partial charge in [0.25, 0.3) is 0 Å². The molecule has 1 aliphatic rings. The largest absolute Gasteiger partial charge is 0.271 e. The van der Waals surface area contributed by atoms with Crippen molar-refractivity contribution < 1.29 is 0 Å². The van der Waals surface area contributed by atoms with Gasteiger partial charge in [0.05, 0.1) is 11.1 Å². The van der Waals surface area contributed by atoms with Gasteiger partial charge in [0.2, 0.25) is 0 Å². The van der Waals surface area contributed by atoms with Crippen molar-refractivity contribution in [2.75, 3.05) is 0 Å². The Morgan fingerprint density at radius 1 is 1.69 bits per heavy atom. The molecule has 4 heteroatoms. The predicted octanol–water partition coefficient (Wildman–Crippen LogP) is 2.71. The summed E-state index contributed by atoms with van der Waals surface area (Å²) in [7, 11) is 0. The fourth-order valence-corrected chi connectivity index (χ4v) is 2.75. The van der Waals surface area contributed by atoms with Gasteiger partial charge in [0.1, 0.15) is 0 Å². The van der Waals surface area contributed by atoms with Crippen molar-refractivity contribution in [3.05, 3.63) is 21.3 Å². The third-order valence-electron chi connectivity index (χ3n) is 2.43. The van der Waals surface area contributed by atoms with Gasteiger partial charge in [-0.3, -0.25) is 11.3 Å². The van der Waals surface area contributed by atoms with E-state index in [0.717, 1.165) is 17.4 Å². The van der Waals surface area contributed by atoms with E-state index in [1.807, 2.05) is 11.4 Å². The Kier molecular flexibility index (Phi) is 2.89. The first kappa shape index (κ1) is 9.46. The van der Waals surface area contributed by atoms with E-state index >= 15 is 0 Å². The van der Waals surface area contributed by atoms with Crippen molar-refractivity contribution in [2.45, 2.75) is 25.3 Å². The van der Waals surface area contributed by atoms with Crippen LogP contribution in [0, 0.1) is 5.92 Å². The summed E-state index contributed by atoms with van der Waals surface area (Å²) >= 11 is 7.71. The molecule has 1 fully saturated rings. The topological polar surface area (TPSA) is 38.0 Å². The third-order valence-corrected chi connectivity index (χ3v) is 3.90. The highest BCUT2D eigenvalue weighted by Crippen LogP contribution is 2.40. The zero-order valence-corrected chi connectivity index (χ0v) is 8.87. The average Bonchev–Trinajstić information content (AvgIpc) is 2.85. The molecule has 0 bridgehead atoms. The number of halogens is 1. The smallest absolute Gasteiger partial charge is 0.0570 e. The van der Waals surface area contributed by atoms with Gasteiger partial charge in [-0.15, -0.1) is 11.3 Å². The minimum Gasteiger partial charge on any atom is -0.271 e. The Balaban J connectivity index is 2.06. The second kappa shape index (κ2) is 3.96. The zero-order chi connectivity index (χ0) is 9.26. The molecule has 2 rings (SSSR count). The first-order valence-electron chi connectivity index (χ1n) is 4.50.